The van der Waals surface area contributed by atoms with Crippen molar-refractivity contribution in [2.45, 2.75) is 37.2 Å². The lowest BCUT2D eigenvalue weighted by Gasteiger charge is -2.32. The van der Waals surface area contributed by atoms with Gasteiger partial charge in [0.2, 0.25) is 0 Å². The van der Waals surface area contributed by atoms with Crippen LogP contribution in [0.4, 0.5) is 0 Å². The molecule has 4 atom stereocenters. The molecule has 2 bridgehead atoms. The van der Waals surface area contributed by atoms with Gasteiger partial charge in [0, 0.05) is 18.8 Å². The van der Waals surface area contributed by atoms with E-state index in [0.29, 0.717) is 26.4 Å². The topological polar surface area (TPSA) is 94.6 Å². The molecule has 32 heavy (non-hydrogen) atoms. The normalized spacial score (nSPS) is 26.4. The molecule has 0 spiro atoms. The van der Waals surface area contributed by atoms with Crippen LogP contribution >= 0.6 is 0 Å². The van der Waals surface area contributed by atoms with E-state index in [1.807, 2.05) is 60.7 Å². The predicted octanol–water partition coefficient (Wildman–Crippen LogP) is 1.58. The summed E-state index contributed by atoms with van der Waals surface area (Å²) in [7, 11) is 0. The van der Waals surface area contributed by atoms with Crippen molar-refractivity contribution in [3.05, 3.63) is 105 Å². The monoisotopic (exact) mass is 435 g/mol. The van der Waals surface area contributed by atoms with Crippen LogP contribution in [-0.2, 0) is 27.4 Å². The Morgan fingerprint density at radius 2 is 1.66 bits per heavy atom. The molecular formula is C24H25N3O5. The Morgan fingerprint density at radius 1 is 0.969 bits per heavy atom. The number of rotatable bonds is 8. The third-order valence-corrected chi connectivity index (χ3v) is 6.00. The van der Waals surface area contributed by atoms with E-state index in [2.05, 4.69) is 10.3 Å². The molecule has 8 heteroatoms. The van der Waals surface area contributed by atoms with Crippen molar-refractivity contribution >= 4 is 0 Å². The fourth-order valence-electron chi connectivity index (χ4n) is 4.45. The van der Waals surface area contributed by atoms with Gasteiger partial charge in [-0.2, -0.15) is 0 Å². The molecule has 0 aliphatic carbocycles. The van der Waals surface area contributed by atoms with Crippen LogP contribution < -0.4 is 16.6 Å². The number of morpholine rings is 1. The highest BCUT2D eigenvalue weighted by molar-refractivity contribution is 5.17. The summed E-state index contributed by atoms with van der Waals surface area (Å²) >= 11 is 0. The van der Waals surface area contributed by atoms with Crippen molar-refractivity contribution in [2.24, 2.45) is 0 Å². The summed E-state index contributed by atoms with van der Waals surface area (Å²) in [6.45, 7) is 1.71. The van der Waals surface area contributed by atoms with Crippen LogP contribution in [0.5, 0.6) is 0 Å². The molecule has 3 heterocycles. The maximum absolute atomic E-state index is 12.4. The molecule has 8 nitrogen and oxygen atoms in total. The number of fused-ring (bicyclic) bond motifs is 2. The van der Waals surface area contributed by atoms with Crippen molar-refractivity contribution in [2.75, 3.05) is 13.2 Å². The van der Waals surface area contributed by atoms with Crippen LogP contribution in [0.25, 0.3) is 0 Å². The highest BCUT2D eigenvalue weighted by Gasteiger charge is 2.62. The number of aromatic nitrogens is 2. The van der Waals surface area contributed by atoms with E-state index in [0.717, 1.165) is 11.1 Å². The Morgan fingerprint density at radius 3 is 2.34 bits per heavy atom. The lowest BCUT2D eigenvalue weighted by atomic mass is 10.00. The number of H-pyrrole nitrogens is 1. The van der Waals surface area contributed by atoms with Gasteiger partial charge in [-0.15, -0.1) is 0 Å². The molecular weight excluding hydrogens is 410 g/mol. The van der Waals surface area contributed by atoms with Crippen molar-refractivity contribution in [3.63, 3.8) is 0 Å². The average Bonchev–Trinajstić information content (AvgIpc) is 3.31. The minimum atomic E-state index is -0.755. The zero-order valence-electron chi connectivity index (χ0n) is 17.5. The van der Waals surface area contributed by atoms with Crippen LogP contribution in [0, 0.1) is 0 Å². The highest BCUT2D eigenvalue weighted by Crippen LogP contribution is 2.43. The number of nitrogens with zero attached hydrogens (tertiary/aromatic N) is 1. The molecule has 0 radical (unpaired) electrons. The molecule has 2 aromatic carbocycles. The summed E-state index contributed by atoms with van der Waals surface area (Å²) in [6, 6.07) is 20.9. The number of hydrogen-bond donors (Lipinski definition) is 2. The molecule has 1 aromatic heterocycles. The average molecular weight is 435 g/mol. The Kier molecular flexibility index (Phi) is 5.75. The van der Waals surface area contributed by atoms with Crippen LogP contribution in [0.2, 0.25) is 0 Å². The molecule has 2 aliphatic heterocycles. The van der Waals surface area contributed by atoms with E-state index >= 15 is 0 Å². The van der Waals surface area contributed by atoms with Gasteiger partial charge in [-0.3, -0.25) is 14.3 Å². The van der Waals surface area contributed by atoms with Gasteiger partial charge in [-0.05, 0) is 11.1 Å². The molecule has 3 aromatic rings. The van der Waals surface area contributed by atoms with Gasteiger partial charge in [0.1, 0.15) is 11.7 Å². The van der Waals surface area contributed by atoms with Gasteiger partial charge in [0.15, 0.2) is 6.23 Å². The quantitative estimate of drug-likeness (QED) is 0.558. The zero-order valence-corrected chi connectivity index (χ0v) is 17.5. The first-order valence-corrected chi connectivity index (χ1v) is 10.6. The number of aromatic amines is 1. The summed E-state index contributed by atoms with van der Waals surface area (Å²) in [5.41, 5.74) is 0.407. The number of nitrogens with one attached hydrogen (secondary N) is 2. The second kappa shape index (κ2) is 8.84. The van der Waals surface area contributed by atoms with Crippen molar-refractivity contribution < 1.29 is 14.2 Å². The van der Waals surface area contributed by atoms with Gasteiger partial charge < -0.3 is 19.5 Å². The van der Waals surface area contributed by atoms with Gasteiger partial charge in [0.05, 0.1) is 25.9 Å². The first-order chi connectivity index (χ1) is 15.6. The Balaban J connectivity index is 1.37. The SMILES string of the molecule is O=c1ccn([C@@H]2O[C@@]3(COCc4ccccc4)CN[C@@H]2[C@@H]3OCc2ccccc2)c(=O)[nH]1. The molecule has 0 saturated carbocycles. The minimum Gasteiger partial charge on any atom is -0.374 e. The molecule has 0 unspecified atom stereocenters. The second-order valence-corrected chi connectivity index (χ2v) is 8.19. The number of ether oxygens (including phenoxy) is 3. The van der Waals surface area contributed by atoms with E-state index in [4.69, 9.17) is 14.2 Å². The standard InChI is InChI=1S/C24H25N3O5/c28-19-11-12-27(23(29)26-19)22-20-21(31-14-18-9-5-2-6-10-18)24(32-22,15-25-20)16-30-13-17-7-3-1-4-8-17/h1-12,20-22,25H,13-16H2,(H,26,28,29)/t20-,21+,22-,24-/m1/s1. The maximum Gasteiger partial charge on any atom is 0.330 e. The molecule has 5 rings (SSSR count). The van der Waals surface area contributed by atoms with Crippen LogP contribution in [0.3, 0.4) is 0 Å². The summed E-state index contributed by atoms with van der Waals surface area (Å²) in [5, 5.41) is 3.44. The highest BCUT2D eigenvalue weighted by atomic mass is 16.6. The summed E-state index contributed by atoms with van der Waals surface area (Å²) in [4.78, 5) is 26.2. The lowest BCUT2D eigenvalue weighted by Crippen LogP contribution is -2.48. The third kappa shape index (κ3) is 4.05. The summed E-state index contributed by atoms with van der Waals surface area (Å²) in [6.07, 6.45) is 0.512. The summed E-state index contributed by atoms with van der Waals surface area (Å²) < 4.78 is 20.2. The van der Waals surface area contributed by atoms with Gasteiger partial charge in [0.25, 0.3) is 5.56 Å². The first kappa shape index (κ1) is 20.8. The third-order valence-electron chi connectivity index (χ3n) is 6.00. The van der Waals surface area contributed by atoms with Crippen LogP contribution in [-0.4, -0.2) is 40.4 Å². The fraction of sp³-hybridized carbons (Fsp3) is 0.333. The minimum absolute atomic E-state index is 0.261. The Labute approximate surface area is 184 Å². The number of hydrogen-bond acceptors (Lipinski definition) is 6. The van der Waals surface area contributed by atoms with E-state index < -0.39 is 23.1 Å². The Hall–Kier alpha value is -3.04. The molecule has 2 N–H and O–H groups in total. The molecule has 2 aliphatic rings. The van der Waals surface area contributed by atoms with E-state index in [-0.39, 0.29) is 12.1 Å². The largest absolute Gasteiger partial charge is 0.374 e. The fourth-order valence-corrected chi connectivity index (χ4v) is 4.45. The van der Waals surface area contributed by atoms with E-state index in [9.17, 15) is 9.59 Å². The van der Waals surface area contributed by atoms with E-state index in [1.165, 1.54) is 16.8 Å². The van der Waals surface area contributed by atoms with Crippen LogP contribution in [0.15, 0.2) is 82.5 Å². The van der Waals surface area contributed by atoms with Gasteiger partial charge in [-0.1, -0.05) is 60.7 Å². The Bertz CT molecular complexity index is 1160. The van der Waals surface area contributed by atoms with Crippen molar-refractivity contribution in [1.82, 2.24) is 14.9 Å². The number of benzene rings is 2. The van der Waals surface area contributed by atoms with Crippen molar-refractivity contribution in [3.8, 4) is 0 Å². The van der Waals surface area contributed by atoms with Gasteiger partial charge in [-0.25, -0.2) is 4.79 Å². The molecule has 2 fully saturated rings. The van der Waals surface area contributed by atoms with Gasteiger partial charge >= 0.3 is 5.69 Å². The van der Waals surface area contributed by atoms with Crippen LogP contribution in [0.1, 0.15) is 17.4 Å². The van der Waals surface area contributed by atoms with Crippen molar-refractivity contribution in [1.29, 1.82) is 0 Å². The maximum atomic E-state index is 12.4. The van der Waals surface area contributed by atoms with E-state index in [1.54, 1.807) is 0 Å². The summed E-state index contributed by atoms with van der Waals surface area (Å²) in [5.74, 6) is 0. The smallest absolute Gasteiger partial charge is 0.330 e. The lowest BCUT2D eigenvalue weighted by molar-refractivity contribution is -0.155. The molecule has 166 valence electrons. The second-order valence-electron chi connectivity index (χ2n) is 8.19. The zero-order chi connectivity index (χ0) is 22.0. The molecule has 2 saturated heterocycles. The first-order valence-electron chi connectivity index (χ1n) is 10.6. The predicted molar refractivity (Wildman–Crippen MR) is 117 cm³/mol. The molecule has 0 amide bonds.